The van der Waals surface area contributed by atoms with Crippen molar-refractivity contribution >= 4 is 5.97 Å². The molecule has 2 aliphatic rings. The minimum atomic E-state index is -0.189. The second-order valence-corrected chi connectivity index (χ2v) is 6.88. The van der Waals surface area contributed by atoms with Gasteiger partial charge in [0.15, 0.2) is 0 Å². The molecule has 0 aromatic carbocycles. The van der Waals surface area contributed by atoms with Crippen LogP contribution in [0.5, 0.6) is 0 Å². The molecule has 106 valence electrons. The van der Waals surface area contributed by atoms with E-state index in [1.165, 1.54) is 24.5 Å². The maximum Gasteiger partial charge on any atom is 0.303 e. The Morgan fingerprint density at radius 3 is 2.74 bits per heavy atom. The van der Waals surface area contributed by atoms with Crippen molar-refractivity contribution in [1.29, 1.82) is 0 Å². The van der Waals surface area contributed by atoms with Crippen LogP contribution in [0, 0.1) is 17.3 Å². The van der Waals surface area contributed by atoms with Gasteiger partial charge < -0.3 is 4.74 Å². The number of rotatable bonds is 1. The van der Waals surface area contributed by atoms with Gasteiger partial charge in [0.05, 0.1) is 0 Å². The Hall–Kier alpha value is -1.05. The summed E-state index contributed by atoms with van der Waals surface area (Å²) < 4.78 is 5.44. The number of hydrogen-bond acceptors (Lipinski definition) is 2. The lowest BCUT2D eigenvalue weighted by Gasteiger charge is -2.52. The predicted molar refractivity (Wildman–Crippen MR) is 77.7 cm³/mol. The van der Waals surface area contributed by atoms with Gasteiger partial charge in [-0.3, -0.25) is 4.79 Å². The topological polar surface area (TPSA) is 26.3 Å². The average Bonchev–Trinajstić information content (AvgIpc) is 2.33. The van der Waals surface area contributed by atoms with E-state index >= 15 is 0 Å². The second kappa shape index (κ2) is 5.15. The average molecular weight is 262 g/mol. The van der Waals surface area contributed by atoms with Crippen molar-refractivity contribution in [2.45, 2.75) is 59.5 Å². The third-order valence-electron chi connectivity index (χ3n) is 5.00. The monoisotopic (exact) mass is 262 g/mol. The normalized spacial score (nSPS) is 36.7. The van der Waals surface area contributed by atoms with Gasteiger partial charge >= 0.3 is 5.97 Å². The van der Waals surface area contributed by atoms with E-state index in [0.29, 0.717) is 17.3 Å². The molecular formula is C17H26O2. The number of carbonyl (C=O) groups is 1. The largest absolute Gasteiger partial charge is 0.458 e. The molecule has 0 aromatic rings. The number of carbonyl (C=O) groups excluding carboxylic acids is 1. The lowest BCUT2D eigenvalue weighted by molar-refractivity contribution is -0.144. The standard InChI is InChI=1S/C17H26O2/c1-11-7-9-16(19-13(3)18)12(2)6-8-15-14(11)10-17(15,4)5/h6,14-16H,1,7-10H2,2-5H3/b12-6+/t14-,15-,16-/m0/s1. The lowest BCUT2D eigenvalue weighted by Crippen LogP contribution is -2.44. The lowest BCUT2D eigenvalue weighted by atomic mass is 9.52. The molecule has 0 radical (unpaired) electrons. The van der Waals surface area contributed by atoms with Crippen LogP contribution in [0.3, 0.4) is 0 Å². The molecule has 0 N–H and O–H groups in total. The van der Waals surface area contributed by atoms with E-state index in [4.69, 9.17) is 4.74 Å². The van der Waals surface area contributed by atoms with Crippen molar-refractivity contribution in [3.63, 3.8) is 0 Å². The Labute approximate surface area is 116 Å². The van der Waals surface area contributed by atoms with E-state index in [1.54, 1.807) is 0 Å². The molecule has 0 spiro atoms. The van der Waals surface area contributed by atoms with E-state index in [2.05, 4.69) is 33.4 Å². The van der Waals surface area contributed by atoms with E-state index in [1.807, 2.05) is 0 Å². The zero-order valence-corrected chi connectivity index (χ0v) is 12.7. The molecule has 1 fully saturated rings. The zero-order chi connectivity index (χ0) is 14.2. The fourth-order valence-electron chi connectivity index (χ4n) is 3.68. The highest BCUT2D eigenvalue weighted by molar-refractivity contribution is 5.66. The summed E-state index contributed by atoms with van der Waals surface area (Å²) in [6.45, 7) is 12.6. The van der Waals surface area contributed by atoms with Gasteiger partial charge in [0.25, 0.3) is 0 Å². The summed E-state index contributed by atoms with van der Waals surface area (Å²) in [6, 6.07) is 0. The van der Waals surface area contributed by atoms with Crippen LogP contribution < -0.4 is 0 Å². The van der Waals surface area contributed by atoms with Crippen LogP contribution in [0.4, 0.5) is 0 Å². The summed E-state index contributed by atoms with van der Waals surface area (Å²) in [4.78, 5) is 11.2. The third-order valence-corrected chi connectivity index (χ3v) is 5.00. The summed E-state index contributed by atoms with van der Waals surface area (Å²) >= 11 is 0. The first-order valence-electron chi connectivity index (χ1n) is 7.33. The van der Waals surface area contributed by atoms with Crippen molar-refractivity contribution in [2.24, 2.45) is 17.3 Å². The van der Waals surface area contributed by atoms with Crippen molar-refractivity contribution in [3.8, 4) is 0 Å². The van der Waals surface area contributed by atoms with Gasteiger partial charge in [0, 0.05) is 6.92 Å². The van der Waals surface area contributed by atoms with Gasteiger partial charge in [-0.15, -0.1) is 0 Å². The highest BCUT2D eigenvalue weighted by Crippen LogP contribution is 2.56. The quantitative estimate of drug-likeness (QED) is 0.521. The summed E-state index contributed by atoms with van der Waals surface area (Å²) in [6.07, 6.45) is 6.41. The molecule has 19 heavy (non-hydrogen) atoms. The highest BCUT2D eigenvalue weighted by Gasteiger charge is 2.47. The van der Waals surface area contributed by atoms with E-state index in [-0.39, 0.29) is 12.1 Å². The molecule has 2 rings (SSSR count). The summed E-state index contributed by atoms with van der Waals surface area (Å²) in [5.74, 6) is 1.17. The van der Waals surface area contributed by atoms with Crippen LogP contribution in [0.15, 0.2) is 23.8 Å². The number of allylic oxidation sites excluding steroid dienone is 2. The van der Waals surface area contributed by atoms with E-state index < -0.39 is 0 Å². The Bertz CT molecular complexity index is 417. The molecule has 2 aliphatic carbocycles. The highest BCUT2D eigenvalue weighted by atomic mass is 16.5. The Balaban J connectivity index is 2.16. The molecule has 3 atom stereocenters. The van der Waals surface area contributed by atoms with Crippen molar-refractivity contribution < 1.29 is 9.53 Å². The van der Waals surface area contributed by atoms with E-state index in [9.17, 15) is 4.79 Å². The molecular weight excluding hydrogens is 236 g/mol. The molecule has 0 amide bonds. The zero-order valence-electron chi connectivity index (χ0n) is 12.7. The Kier molecular flexibility index (Phi) is 3.89. The number of ether oxygens (including phenoxy) is 1. The van der Waals surface area contributed by atoms with Gasteiger partial charge in [-0.1, -0.05) is 32.1 Å². The summed E-state index contributed by atoms with van der Waals surface area (Å²) in [5, 5.41) is 0. The van der Waals surface area contributed by atoms with Gasteiger partial charge in [0.2, 0.25) is 0 Å². The van der Waals surface area contributed by atoms with E-state index in [0.717, 1.165) is 19.3 Å². The molecule has 2 nitrogen and oxygen atoms in total. The second-order valence-electron chi connectivity index (χ2n) is 6.88. The number of hydrogen-bond donors (Lipinski definition) is 0. The third kappa shape index (κ3) is 2.93. The fraction of sp³-hybridized carbons (Fsp3) is 0.706. The van der Waals surface area contributed by atoms with Crippen molar-refractivity contribution in [1.82, 2.24) is 0 Å². The first-order chi connectivity index (χ1) is 8.81. The number of esters is 1. The predicted octanol–water partition coefficient (Wildman–Crippen LogP) is 4.27. The first kappa shape index (κ1) is 14.4. The molecule has 0 aliphatic heterocycles. The van der Waals surface area contributed by atoms with Gasteiger partial charge in [-0.25, -0.2) is 0 Å². The Morgan fingerprint density at radius 1 is 1.47 bits per heavy atom. The molecule has 1 saturated carbocycles. The Morgan fingerprint density at radius 2 is 2.16 bits per heavy atom. The number of fused-ring (bicyclic) bond motifs is 1. The van der Waals surface area contributed by atoms with Crippen molar-refractivity contribution in [2.75, 3.05) is 0 Å². The molecule has 0 unspecified atom stereocenters. The fourth-order valence-corrected chi connectivity index (χ4v) is 3.68. The van der Waals surface area contributed by atoms with Gasteiger partial charge in [-0.05, 0) is 55.4 Å². The summed E-state index contributed by atoms with van der Waals surface area (Å²) in [7, 11) is 0. The van der Waals surface area contributed by atoms with Crippen LogP contribution >= 0.6 is 0 Å². The maximum atomic E-state index is 11.2. The maximum absolute atomic E-state index is 11.2. The SMILES string of the molecule is C=C1CC[C@H](OC(C)=O)/C(C)=C/C[C@H]2[C@H]1CC2(C)C. The minimum absolute atomic E-state index is 0.0603. The minimum Gasteiger partial charge on any atom is -0.458 e. The molecule has 0 heterocycles. The van der Waals surface area contributed by atoms with Crippen LogP contribution in [0.2, 0.25) is 0 Å². The van der Waals surface area contributed by atoms with Crippen LogP contribution in [0.25, 0.3) is 0 Å². The van der Waals surface area contributed by atoms with Crippen LogP contribution in [-0.2, 0) is 9.53 Å². The van der Waals surface area contributed by atoms with Gasteiger partial charge in [-0.2, -0.15) is 0 Å². The van der Waals surface area contributed by atoms with Crippen LogP contribution in [0.1, 0.15) is 53.4 Å². The van der Waals surface area contributed by atoms with Crippen LogP contribution in [-0.4, -0.2) is 12.1 Å². The van der Waals surface area contributed by atoms with Crippen molar-refractivity contribution in [3.05, 3.63) is 23.8 Å². The smallest absolute Gasteiger partial charge is 0.303 e. The molecule has 0 saturated heterocycles. The first-order valence-corrected chi connectivity index (χ1v) is 7.33. The molecule has 0 bridgehead atoms. The molecule has 0 aromatic heterocycles. The molecule has 2 heteroatoms. The summed E-state index contributed by atoms with van der Waals surface area (Å²) in [5.41, 5.74) is 2.97. The van der Waals surface area contributed by atoms with Gasteiger partial charge in [0.1, 0.15) is 6.10 Å².